The van der Waals surface area contributed by atoms with Gasteiger partial charge in [0.1, 0.15) is 0 Å². The molecule has 35 heavy (non-hydrogen) atoms. The van der Waals surface area contributed by atoms with E-state index in [1.807, 2.05) is 18.3 Å². The molecule has 5 nitrogen and oxygen atoms in total. The quantitative estimate of drug-likeness (QED) is 0.385. The first-order chi connectivity index (χ1) is 16.8. The maximum absolute atomic E-state index is 6.93. The molecule has 0 radical (unpaired) electrons. The Labute approximate surface area is 219 Å². The second-order valence-corrected chi connectivity index (χ2v) is 11.3. The number of halogens is 1. The number of rotatable bonds is 5. The molecule has 3 aromatic rings. The first-order valence-corrected chi connectivity index (χ1v) is 13.3. The maximum atomic E-state index is 6.93. The number of pyridine rings is 1. The molecule has 0 unspecified atom stereocenters. The first-order valence-electron chi connectivity index (χ1n) is 12.5. The van der Waals surface area contributed by atoms with E-state index < -0.39 is 0 Å². The van der Waals surface area contributed by atoms with Crippen LogP contribution in [0.15, 0.2) is 61.1 Å². The van der Waals surface area contributed by atoms with Gasteiger partial charge in [-0.3, -0.25) is 4.98 Å². The standard InChI is InChI=1S/C28H34ClN5S/c1-18(2)32-12-10-21(17-32)27-26(24-7-5-6-11-30-24)31-28(35)34(27)22-8-9-25(23(29)14-22)33-15-19(3)13-20(4)16-33/h5-12,14,17-20,26-27H,13,15-16H2,1-4H3,(H,31,35)/t19-,20+,26-,27+/m1/s1. The maximum Gasteiger partial charge on any atom is 0.174 e. The third-order valence-electron chi connectivity index (χ3n) is 7.19. The first kappa shape index (κ1) is 24.1. The predicted molar refractivity (Wildman–Crippen MR) is 149 cm³/mol. The summed E-state index contributed by atoms with van der Waals surface area (Å²) in [4.78, 5) is 9.29. The largest absolute Gasteiger partial charge is 0.370 e. The molecule has 0 bridgehead atoms. The highest BCUT2D eigenvalue weighted by Gasteiger charge is 2.41. The van der Waals surface area contributed by atoms with Gasteiger partial charge in [0.2, 0.25) is 0 Å². The summed E-state index contributed by atoms with van der Waals surface area (Å²) in [7, 11) is 0. The van der Waals surface area contributed by atoms with E-state index >= 15 is 0 Å². The lowest BCUT2D eigenvalue weighted by Gasteiger charge is -2.37. The van der Waals surface area contributed by atoms with E-state index in [1.54, 1.807) is 0 Å². The minimum atomic E-state index is -0.0612. The Morgan fingerprint density at radius 3 is 2.49 bits per heavy atom. The molecular weight excluding hydrogens is 474 g/mol. The lowest BCUT2D eigenvalue weighted by Crippen LogP contribution is -2.38. The molecule has 0 spiro atoms. The lowest BCUT2D eigenvalue weighted by atomic mass is 9.91. The van der Waals surface area contributed by atoms with Crippen LogP contribution in [0, 0.1) is 11.8 Å². The number of piperidine rings is 1. The summed E-state index contributed by atoms with van der Waals surface area (Å²) >= 11 is 12.8. The summed E-state index contributed by atoms with van der Waals surface area (Å²) in [6, 6.07) is 14.9. The van der Waals surface area contributed by atoms with Crippen LogP contribution in [0.4, 0.5) is 11.4 Å². The van der Waals surface area contributed by atoms with E-state index in [0.717, 1.165) is 35.2 Å². The Balaban J connectivity index is 1.52. The number of nitrogens with zero attached hydrogens (tertiary/aromatic N) is 4. The number of nitrogens with one attached hydrogen (secondary N) is 1. The molecule has 1 aromatic carbocycles. The van der Waals surface area contributed by atoms with Crippen molar-refractivity contribution in [3.05, 3.63) is 77.3 Å². The number of hydrogen-bond acceptors (Lipinski definition) is 3. The number of benzene rings is 1. The summed E-state index contributed by atoms with van der Waals surface area (Å²) in [5.74, 6) is 1.33. The van der Waals surface area contributed by atoms with E-state index in [-0.39, 0.29) is 12.1 Å². The minimum absolute atomic E-state index is 0.0330. The van der Waals surface area contributed by atoms with Gasteiger partial charge in [-0.1, -0.05) is 31.5 Å². The SMILES string of the molecule is CC(C)n1ccc([C@H]2[C@@H](c3ccccn3)NC(=S)N2c2ccc(N3C[C@H](C)C[C@H](C)C3)c(Cl)c2)c1. The van der Waals surface area contributed by atoms with Crippen molar-refractivity contribution in [1.82, 2.24) is 14.9 Å². The fraction of sp³-hybridized carbons (Fsp3) is 0.429. The van der Waals surface area contributed by atoms with Gasteiger partial charge >= 0.3 is 0 Å². The van der Waals surface area contributed by atoms with Gasteiger partial charge in [0.15, 0.2) is 5.11 Å². The van der Waals surface area contributed by atoms with E-state index in [0.29, 0.717) is 23.0 Å². The molecule has 0 amide bonds. The van der Waals surface area contributed by atoms with Crippen LogP contribution in [-0.2, 0) is 0 Å². The predicted octanol–water partition coefficient (Wildman–Crippen LogP) is 6.78. The smallest absolute Gasteiger partial charge is 0.174 e. The summed E-state index contributed by atoms with van der Waals surface area (Å²) in [6.07, 6.45) is 7.47. The fourth-order valence-electron chi connectivity index (χ4n) is 5.66. The van der Waals surface area contributed by atoms with Crippen molar-refractivity contribution in [2.24, 2.45) is 11.8 Å². The van der Waals surface area contributed by atoms with Crippen LogP contribution in [-0.4, -0.2) is 27.8 Å². The molecule has 2 saturated heterocycles. The molecule has 7 heteroatoms. The molecule has 5 rings (SSSR count). The molecule has 184 valence electrons. The highest BCUT2D eigenvalue weighted by molar-refractivity contribution is 7.80. The molecule has 0 saturated carbocycles. The Hall–Kier alpha value is -2.57. The second kappa shape index (κ2) is 9.82. The van der Waals surface area contributed by atoms with Gasteiger partial charge in [0.05, 0.1) is 28.5 Å². The van der Waals surface area contributed by atoms with Crippen molar-refractivity contribution in [3.63, 3.8) is 0 Å². The van der Waals surface area contributed by atoms with Gasteiger partial charge < -0.3 is 19.7 Å². The highest BCUT2D eigenvalue weighted by Crippen LogP contribution is 2.43. The average Bonchev–Trinajstić information content (AvgIpc) is 3.43. The van der Waals surface area contributed by atoms with Crippen LogP contribution in [0.25, 0.3) is 0 Å². The second-order valence-electron chi connectivity index (χ2n) is 10.5. The van der Waals surface area contributed by atoms with Crippen LogP contribution >= 0.6 is 23.8 Å². The van der Waals surface area contributed by atoms with Crippen molar-refractivity contribution >= 4 is 40.3 Å². The van der Waals surface area contributed by atoms with Crippen LogP contribution in [0.5, 0.6) is 0 Å². The summed E-state index contributed by atoms with van der Waals surface area (Å²) in [5.41, 5.74) is 4.27. The van der Waals surface area contributed by atoms with Gasteiger partial charge in [-0.15, -0.1) is 0 Å². The molecule has 1 N–H and O–H groups in total. The van der Waals surface area contributed by atoms with E-state index in [1.165, 1.54) is 12.0 Å². The monoisotopic (exact) mass is 507 g/mol. The lowest BCUT2D eigenvalue weighted by molar-refractivity contribution is 0.357. The molecular formula is C28H34ClN5S. The molecule has 4 heterocycles. The van der Waals surface area contributed by atoms with Gasteiger partial charge in [-0.05, 0) is 86.3 Å². The Bertz CT molecular complexity index is 1180. The van der Waals surface area contributed by atoms with E-state index in [9.17, 15) is 0 Å². The van der Waals surface area contributed by atoms with Crippen molar-refractivity contribution in [3.8, 4) is 0 Å². The normalized spacial score (nSPS) is 24.8. The van der Waals surface area contributed by atoms with E-state index in [2.05, 4.69) is 95.1 Å². The molecule has 2 aliphatic heterocycles. The van der Waals surface area contributed by atoms with Gasteiger partial charge in [-0.25, -0.2) is 0 Å². The third-order valence-corrected chi connectivity index (χ3v) is 7.81. The highest BCUT2D eigenvalue weighted by atomic mass is 35.5. The van der Waals surface area contributed by atoms with Crippen molar-refractivity contribution in [1.29, 1.82) is 0 Å². The molecule has 2 aliphatic rings. The zero-order chi connectivity index (χ0) is 24.7. The zero-order valence-corrected chi connectivity index (χ0v) is 22.4. The van der Waals surface area contributed by atoms with Gasteiger partial charge in [0.25, 0.3) is 0 Å². The topological polar surface area (TPSA) is 36.3 Å². The Kier molecular flexibility index (Phi) is 6.78. The van der Waals surface area contributed by atoms with Crippen LogP contribution in [0.3, 0.4) is 0 Å². The molecule has 2 fully saturated rings. The van der Waals surface area contributed by atoms with Crippen molar-refractivity contribution in [2.45, 2.75) is 52.2 Å². The Morgan fingerprint density at radius 2 is 1.86 bits per heavy atom. The number of thiocarbonyl (C=S) groups is 1. The van der Waals surface area contributed by atoms with Crippen LogP contribution in [0.1, 0.15) is 63.5 Å². The molecule has 2 aromatic heterocycles. The van der Waals surface area contributed by atoms with Crippen LogP contribution in [0.2, 0.25) is 5.02 Å². The fourth-order valence-corrected chi connectivity index (χ4v) is 6.30. The Morgan fingerprint density at radius 1 is 1.09 bits per heavy atom. The van der Waals surface area contributed by atoms with Crippen molar-refractivity contribution < 1.29 is 0 Å². The van der Waals surface area contributed by atoms with E-state index in [4.69, 9.17) is 23.8 Å². The number of anilines is 2. The van der Waals surface area contributed by atoms with Crippen molar-refractivity contribution in [2.75, 3.05) is 22.9 Å². The number of hydrogen-bond donors (Lipinski definition) is 1. The van der Waals surface area contributed by atoms with Gasteiger partial charge in [-0.2, -0.15) is 0 Å². The zero-order valence-electron chi connectivity index (χ0n) is 20.9. The van der Waals surface area contributed by atoms with Gasteiger partial charge in [0, 0.05) is 43.4 Å². The minimum Gasteiger partial charge on any atom is -0.370 e. The summed E-state index contributed by atoms with van der Waals surface area (Å²) in [5, 5.41) is 5.00. The summed E-state index contributed by atoms with van der Waals surface area (Å²) < 4.78 is 2.24. The average molecular weight is 508 g/mol. The van der Waals surface area contributed by atoms with Crippen LogP contribution < -0.4 is 15.1 Å². The molecule has 0 aliphatic carbocycles. The third kappa shape index (κ3) is 4.78. The summed E-state index contributed by atoms with van der Waals surface area (Å²) in [6.45, 7) is 11.1. The molecule has 4 atom stereocenters. The number of aromatic nitrogens is 2.